The van der Waals surface area contributed by atoms with E-state index in [0.29, 0.717) is 18.7 Å². The number of hydrogen-bond donors (Lipinski definition) is 1. The molecule has 102 valence electrons. The lowest BCUT2D eigenvalue weighted by Gasteiger charge is -2.40. The molecule has 3 rings (SSSR count). The lowest BCUT2D eigenvalue weighted by Crippen LogP contribution is -2.56. The summed E-state index contributed by atoms with van der Waals surface area (Å²) in [5, 5.41) is 3.00. The second-order valence-electron chi connectivity index (χ2n) is 4.93. The summed E-state index contributed by atoms with van der Waals surface area (Å²) in [7, 11) is 0. The van der Waals surface area contributed by atoms with Crippen LogP contribution in [-0.2, 0) is 17.4 Å². The van der Waals surface area contributed by atoms with Gasteiger partial charge in [0.1, 0.15) is 0 Å². The molecule has 1 saturated heterocycles. The van der Waals surface area contributed by atoms with Crippen LogP contribution in [0.15, 0.2) is 18.2 Å². The van der Waals surface area contributed by atoms with Crippen LogP contribution in [0.3, 0.4) is 0 Å². The van der Waals surface area contributed by atoms with Gasteiger partial charge in [-0.15, -0.1) is 0 Å². The minimum atomic E-state index is -4.38. The van der Waals surface area contributed by atoms with E-state index in [4.69, 9.17) is 0 Å². The van der Waals surface area contributed by atoms with Crippen LogP contribution >= 0.6 is 0 Å². The zero-order valence-electron chi connectivity index (χ0n) is 10.1. The molecule has 3 nitrogen and oxygen atoms in total. The molecule has 2 aliphatic rings. The monoisotopic (exact) mass is 270 g/mol. The van der Waals surface area contributed by atoms with Crippen LogP contribution in [0.4, 0.5) is 18.9 Å². The van der Waals surface area contributed by atoms with Crippen molar-refractivity contribution in [2.75, 3.05) is 18.0 Å². The topological polar surface area (TPSA) is 32.3 Å². The molecule has 1 amide bonds. The quantitative estimate of drug-likeness (QED) is 0.781. The number of rotatable bonds is 0. The van der Waals surface area contributed by atoms with E-state index in [-0.39, 0.29) is 18.5 Å². The highest BCUT2D eigenvalue weighted by Gasteiger charge is 2.37. The molecule has 1 N–H and O–H groups in total. The first kappa shape index (κ1) is 12.5. The predicted molar refractivity (Wildman–Crippen MR) is 63.9 cm³/mol. The number of amides is 1. The summed E-state index contributed by atoms with van der Waals surface area (Å²) in [6.07, 6.45) is -2.88. The highest BCUT2D eigenvalue weighted by molar-refractivity contribution is 5.97. The number of carbonyl (C=O) groups excluding carboxylic acids is 1. The minimum absolute atomic E-state index is 0.0303. The van der Waals surface area contributed by atoms with Crippen LogP contribution in [0.1, 0.15) is 17.5 Å². The molecular weight excluding hydrogens is 257 g/mol. The van der Waals surface area contributed by atoms with E-state index in [1.54, 1.807) is 0 Å². The van der Waals surface area contributed by atoms with E-state index in [9.17, 15) is 18.0 Å². The van der Waals surface area contributed by atoms with Gasteiger partial charge in [-0.3, -0.25) is 4.79 Å². The van der Waals surface area contributed by atoms with Crippen LogP contribution in [0.5, 0.6) is 0 Å². The number of nitrogens with zero attached hydrogens (tertiary/aromatic N) is 1. The minimum Gasteiger partial charge on any atom is -0.307 e. The Morgan fingerprint density at radius 2 is 2.11 bits per heavy atom. The van der Waals surface area contributed by atoms with Crippen LogP contribution < -0.4 is 10.2 Å². The van der Waals surface area contributed by atoms with Gasteiger partial charge in [-0.1, -0.05) is 6.07 Å². The van der Waals surface area contributed by atoms with Crippen molar-refractivity contribution < 1.29 is 18.0 Å². The van der Waals surface area contributed by atoms with E-state index in [2.05, 4.69) is 5.32 Å². The van der Waals surface area contributed by atoms with Crippen molar-refractivity contribution in [2.45, 2.75) is 25.1 Å². The third kappa shape index (κ3) is 2.10. The normalized spacial score (nSPS) is 23.0. The van der Waals surface area contributed by atoms with Gasteiger partial charge in [-0.25, -0.2) is 0 Å². The molecule has 0 unspecified atom stereocenters. The molecule has 1 aromatic carbocycles. The number of fused-ring (bicyclic) bond motifs is 3. The van der Waals surface area contributed by atoms with Gasteiger partial charge >= 0.3 is 6.18 Å². The van der Waals surface area contributed by atoms with Gasteiger partial charge in [0.25, 0.3) is 0 Å². The molecule has 19 heavy (non-hydrogen) atoms. The number of carbonyl (C=O) groups is 1. The smallest absolute Gasteiger partial charge is 0.307 e. The molecule has 2 heterocycles. The molecule has 1 atom stereocenters. The lowest BCUT2D eigenvalue weighted by atomic mass is 9.93. The van der Waals surface area contributed by atoms with Crippen LogP contribution in [0, 0.1) is 0 Å². The zero-order valence-corrected chi connectivity index (χ0v) is 10.1. The van der Waals surface area contributed by atoms with Gasteiger partial charge in [0.2, 0.25) is 5.91 Å². The summed E-state index contributed by atoms with van der Waals surface area (Å²) >= 11 is 0. The molecule has 0 aliphatic carbocycles. The summed E-state index contributed by atoms with van der Waals surface area (Å²) in [6, 6.07) is 3.65. The summed E-state index contributed by atoms with van der Waals surface area (Å²) in [5.74, 6) is -0.156. The van der Waals surface area contributed by atoms with Crippen molar-refractivity contribution in [1.29, 1.82) is 0 Å². The maximum Gasteiger partial charge on any atom is 0.416 e. The first-order chi connectivity index (χ1) is 8.97. The Kier molecular flexibility index (Phi) is 2.78. The van der Waals surface area contributed by atoms with E-state index < -0.39 is 11.7 Å². The van der Waals surface area contributed by atoms with E-state index in [1.165, 1.54) is 11.0 Å². The fourth-order valence-electron chi connectivity index (χ4n) is 2.79. The predicted octanol–water partition coefficient (Wildman–Crippen LogP) is 1.96. The Morgan fingerprint density at radius 1 is 1.32 bits per heavy atom. The molecule has 0 radical (unpaired) electrons. The molecule has 0 saturated carbocycles. The molecular formula is C13H13F3N2O. The molecule has 6 heteroatoms. The number of alkyl halides is 3. The first-order valence-electron chi connectivity index (χ1n) is 6.20. The Hall–Kier alpha value is -1.56. The van der Waals surface area contributed by atoms with Crippen molar-refractivity contribution in [1.82, 2.24) is 5.32 Å². The summed E-state index contributed by atoms with van der Waals surface area (Å²) < 4.78 is 38.3. The highest BCUT2D eigenvalue weighted by atomic mass is 19.4. The number of piperazine rings is 1. The van der Waals surface area contributed by atoms with Gasteiger partial charge in [0, 0.05) is 18.3 Å². The van der Waals surface area contributed by atoms with E-state index in [1.807, 2.05) is 0 Å². The number of benzene rings is 1. The van der Waals surface area contributed by atoms with Crippen molar-refractivity contribution in [3.05, 3.63) is 29.3 Å². The third-order valence-corrected chi connectivity index (χ3v) is 3.71. The molecule has 0 aromatic heterocycles. The lowest BCUT2D eigenvalue weighted by molar-refractivity contribution is -0.137. The number of hydrogen-bond acceptors (Lipinski definition) is 2. The van der Waals surface area contributed by atoms with Gasteiger partial charge in [-0.2, -0.15) is 13.2 Å². The van der Waals surface area contributed by atoms with E-state index in [0.717, 1.165) is 24.1 Å². The Labute approximate surface area is 108 Å². The molecule has 0 spiro atoms. The average Bonchev–Trinajstić information content (AvgIpc) is 2.37. The zero-order chi connectivity index (χ0) is 13.6. The van der Waals surface area contributed by atoms with Crippen molar-refractivity contribution in [2.24, 2.45) is 0 Å². The summed E-state index contributed by atoms with van der Waals surface area (Å²) in [5.41, 5.74) is 0.551. The van der Waals surface area contributed by atoms with Gasteiger partial charge in [0.15, 0.2) is 0 Å². The summed E-state index contributed by atoms with van der Waals surface area (Å²) in [4.78, 5) is 13.5. The largest absolute Gasteiger partial charge is 0.416 e. The van der Waals surface area contributed by atoms with Gasteiger partial charge < -0.3 is 10.2 Å². The molecule has 2 aliphatic heterocycles. The second-order valence-corrected chi connectivity index (χ2v) is 4.93. The molecule has 1 aromatic rings. The Morgan fingerprint density at radius 3 is 2.84 bits per heavy atom. The van der Waals surface area contributed by atoms with E-state index >= 15 is 0 Å². The third-order valence-electron chi connectivity index (χ3n) is 3.71. The number of aryl methyl sites for hydroxylation is 1. The number of halogens is 3. The molecule has 0 bridgehead atoms. The van der Waals surface area contributed by atoms with Gasteiger partial charge in [-0.05, 0) is 30.5 Å². The van der Waals surface area contributed by atoms with Gasteiger partial charge in [0.05, 0.1) is 12.1 Å². The van der Waals surface area contributed by atoms with Crippen LogP contribution in [0.25, 0.3) is 0 Å². The first-order valence-corrected chi connectivity index (χ1v) is 6.20. The standard InChI is InChI=1S/C13H13F3N2O/c14-13(15,16)9-3-1-8-2-4-10-6-17-7-12(19)18(10)11(8)5-9/h1,3,5,10,17H,2,4,6-7H2/t10-/m1/s1. The Bertz CT molecular complexity index is 527. The average molecular weight is 270 g/mol. The van der Waals surface area contributed by atoms with Crippen molar-refractivity contribution in [3.8, 4) is 0 Å². The highest BCUT2D eigenvalue weighted by Crippen LogP contribution is 2.37. The fourth-order valence-corrected chi connectivity index (χ4v) is 2.79. The maximum atomic E-state index is 12.8. The van der Waals surface area contributed by atoms with Crippen molar-refractivity contribution in [3.63, 3.8) is 0 Å². The summed E-state index contributed by atoms with van der Waals surface area (Å²) in [6.45, 7) is 0.827. The molecule has 1 fully saturated rings. The maximum absolute atomic E-state index is 12.8. The fraction of sp³-hybridized carbons (Fsp3) is 0.462. The number of anilines is 1. The van der Waals surface area contributed by atoms with Crippen LogP contribution in [-0.4, -0.2) is 25.0 Å². The Balaban J connectivity index is 2.06. The number of nitrogens with one attached hydrogen (secondary N) is 1. The second kappa shape index (κ2) is 4.23. The van der Waals surface area contributed by atoms with Crippen LogP contribution in [0.2, 0.25) is 0 Å². The van der Waals surface area contributed by atoms with Crippen molar-refractivity contribution >= 4 is 11.6 Å². The SMILES string of the molecule is O=C1CNC[C@H]2CCc3ccc(C(F)(F)F)cc3N12.